The largest absolute Gasteiger partial charge is 0.493 e. The lowest BCUT2D eigenvalue weighted by atomic mass is 10.1. The Morgan fingerprint density at radius 2 is 1.45 bits per heavy atom. The summed E-state index contributed by atoms with van der Waals surface area (Å²) in [5.74, 6) is 3.63. The van der Waals surface area contributed by atoms with E-state index in [2.05, 4.69) is 27.7 Å². The summed E-state index contributed by atoms with van der Waals surface area (Å²) in [5, 5.41) is 0. The van der Waals surface area contributed by atoms with Crippen molar-refractivity contribution in [2.24, 2.45) is 11.8 Å². The van der Waals surface area contributed by atoms with Gasteiger partial charge in [0.1, 0.15) is 5.75 Å². The molecule has 0 amide bonds. The Hall–Kier alpha value is -1.38. The van der Waals surface area contributed by atoms with Gasteiger partial charge >= 0.3 is 0 Å². The second-order valence-corrected chi connectivity index (χ2v) is 5.87. The molecule has 0 unspecified atom stereocenters. The highest BCUT2D eigenvalue weighted by Crippen LogP contribution is 2.31. The number of benzene rings is 1. The minimum Gasteiger partial charge on any atom is -0.493 e. The van der Waals surface area contributed by atoms with E-state index in [1.807, 2.05) is 18.2 Å². The molecule has 1 aromatic rings. The third kappa shape index (κ3) is 6.18. The molecular weight excluding hydrogens is 252 g/mol. The van der Waals surface area contributed by atoms with Crippen LogP contribution < -0.4 is 14.2 Å². The van der Waals surface area contributed by atoms with Gasteiger partial charge < -0.3 is 14.2 Å². The van der Waals surface area contributed by atoms with E-state index in [1.54, 1.807) is 7.11 Å². The predicted molar refractivity (Wildman–Crippen MR) is 82.9 cm³/mol. The zero-order valence-electron chi connectivity index (χ0n) is 13.4. The molecule has 3 nitrogen and oxygen atoms in total. The van der Waals surface area contributed by atoms with Crippen molar-refractivity contribution >= 4 is 0 Å². The molecule has 0 aromatic heterocycles. The molecule has 0 spiro atoms. The quantitative estimate of drug-likeness (QED) is 0.664. The molecule has 0 saturated heterocycles. The van der Waals surface area contributed by atoms with Gasteiger partial charge in [-0.2, -0.15) is 0 Å². The smallest absolute Gasteiger partial charge is 0.164 e. The topological polar surface area (TPSA) is 27.7 Å². The fourth-order valence-electron chi connectivity index (χ4n) is 1.67. The van der Waals surface area contributed by atoms with Gasteiger partial charge in [0.15, 0.2) is 11.5 Å². The summed E-state index contributed by atoms with van der Waals surface area (Å²) < 4.78 is 16.8. The Kier molecular flexibility index (Phi) is 7.27. The first kappa shape index (κ1) is 16.7. The lowest BCUT2D eigenvalue weighted by molar-refractivity contribution is 0.267. The molecule has 0 aliphatic carbocycles. The van der Waals surface area contributed by atoms with Crippen molar-refractivity contribution in [1.29, 1.82) is 0 Å². The van der Waals surface area contributed by atoms with Crippen molar-refractivity contribution in [1.82, 2.24) is 0 Å². The highest BCUT2D eigenvalue weighted by atomic mass is 16.5. The third-order valence-electron chi connectivity index (χ3n) is 3.05. The van der Waals surface area contributed by atoms with Crippen LogP contribution in [0.1, 0.15) is 40.5 Å². The lowest BCUT2D eigenvalue weighted by Gasteiger charge is -2.14. The normalized spacial score (nSPS) is 10.9. The van der Waals surface area contributed by atoms with E-state index in [0.717, 1.165) is 36.7 Å². The zero-order valence-corrected chi connectivity index (χ0v) is 13.4. The standard InChI is InChI=1S/C17H28O3/c1-13(2)8-10-19-15-6-7-16(17(12-15)18-5)20-11-9-14(3)4/h6-7,12-14H,8-11H2,1-5H3. The minimum atomic E-state index is 0.639. The lowest BCUT2D eigenvalue weighted by Crippen LogP contribution is -2.04. The second-order valence-electron chi connectivity index (χ2n) is 5.87. The van der Waals surface area contributed by atoms with Gasteiger partial charge in [0.2, 0.25) is 0 Å². The number of ether oxygens (including phenoxy) is 3. The first-order valence-electron chi connectivity index (χ1n) is 7.46. The van der Waals surface area contributed by atoms with Crippen LogP contribution in [-0.2, 0) is 0 Å². The van der Waals surface area contributed by atoms with Crippen LogP contribution in [0.4, 0.5) is 0 Å². The monoisotopic (exact) mass is 280 g/mol. The average molecular weight is 280 g/mol. The first-order chi connectivity index (χ1) is 9.52. The Bertz CT molecular complexity index is 386. The summed E-state index contributed by atoms with van der Waals surface area (Å²) in [5.41, 5.74) is 0. The molecular formula is C17H28O3. The molecule has 1 aromatic carbocycles. The number of hydrogen-bond donors (Lipinski definition) is 0. The molecule has 0 aliphatic heterocycles. The fourth-order valence-corrected chi connectivity index (χ4v) is 1.67. The third-order valence-corrected chi connectivity index (χ3v) is 3.05. The number of methoxy groups -OCH3 is 1. The first-order valence-corrected chi connectivity index (χ1v) is 7.46. The molecule has 0 heterocycles. The molecule has 0 bridgehead atoms. The van der Waals surface area contributed by atoms with Crippen molar-refractivity contribution in [3.8, 4) is 17.2 Å². The van der Waals surface area contributed by atoms with Crippen LogP contribution in [0.3, 0.4) is 0 Å². The van der Waals surface area contributed by atoms with E-state index in [-0.39, 0.29) is 0 Å². The van der Waals surface area contributed by atoms with Crippen LogP contribution in [0.2, 0.25) is 0 Å². The van der Waals surface area contributed by atoms with Crippen molar-refractivity contribution < 1.29 is 14.2 Å². The van der Waals surface area contributed by atoms with E-state index < -0.39 is 0 Å². The van der Waals surface area contributed by atoms with Crippen molar-refractivity contribution in [3.63, 3.8) is 0 Å². The molecule has 20 heavy (non-hydrogen) atoms. The maximum Gasteiger partial charge on any atom is 0.164 e. The van der Waals surface area contributed by atoms with Gasteiger partial charge in [-0.3, -0.25) is 0 Å². The van der Waals surface area contributed by atoms with Gasteiger partial charge in [0.05, 0.1) is 20.3 Å². The van der Waals surface area contributed by atoms with Crippen molar-refractivity contribution in [2.75, 3.05) is 20.3 Å². The number of hydrogen-bond acceptors (Lipinski definition) is 3. The van der Waals surface area contributed by atoms with Crippen LogP contribution in [0.15, 0.2) is 18.2 Å². The zero-order chi connectivity index (χ0) is 15.0. The van der Waals surface area contributed by atoms with Crippen molar-refractivity contribution in [2.45, 2.75) is 40.5 Å². The molecule has 1 rings (SSSR count). The minimum absolute atomic E-state index is 0.639. The van der Waals surface area contributed by atoms with Crippen LogP contribution in [0.5, 0.6) is 17.2 Å². The van der Waals surface area contributed by atoms with E-state index in [9.17, 15) is 0 Å². The SMILES string of the molecule is COc1cc(OCCC(C)C)ccc1OCCC(C)C. The Morgan fingerprint density at radius 3 is 2.00 bits per heavy atom. The summed E-state index contributed by atoms with van der Waals surface area (Å²) in [6.07, 6.45) is 2.09. The van der Waals surface area contributed by atoms with Crippen LogP contribution in [0, 0.1) is 11.8 Å². The maximum atomic E-state index is 5.76. The predicted octanol–water partition coefficient (Wildman–Crippen LogP) is 4.55. The highest BCUT2D eigenvalue weighted by Gasteiger charge is 2.07. The van der Waals surface area contributed by atoms with Crippen LogP contribution in [0.25, 0.3) is 0 Å². The van der Waals surface area contributed by atoms with Gasteiger partial charge in [0.25, 0.3) is 0 Å². The van der Waals surface area contributed by atoms with Gasteiger partial charge in [-0.1, -0.05) is 27.7 Å². The second kappa shape index (κ2) is 8.72. The highest BCUT2D eigenvalue weighted by molar-refractivity contribution is 5.45. The van der Waals surface area contributed by atoms with Crippen LogP contribution >= 0.6 is 0 Å². The Balaban J connectivity index is 2.56. The molecule has 0 atom stereocenters. The summed E-state index contributed by atoms with van der Waals surface area (Å²) in [7, 11) is 1.66. The summed E-state index contributed by atoms with van der Waals surface area (Å²) >= 11 is 0. The summed E-state index contributed by atoms with van der Waals surface area (Å²) in [6.45, 7) is 10.2. The fraction of sp³-hybridized carbons (Fsp3) is 0.647. The molecule has 0 N–H and O–H groups in total. The summed E-state index contributed by atoms with van der Waals surface area (Å²) in [6, 6.07) is 5.75. The summed E-state index contributed by atoms with van der Waals surface area (Å²) in [4.78, 5) is 0. The molecule has 0 saturated carbocycles. The van der Waals surface area contributed by atoms with E-state index in [1.165, 1.54) is 0 Å². The Labute approximate surface area is 123 Å². The molecule has 0 fully saturated rings. The molecule has 114 valence electrons. The van der Waals surface area contributed by atoms with E-state index in [0.29, 0.717) is 18.4 Å². The molecule has 0 aliphatic rings. The van der Waals surface area contributed by atoms with Gasteiger partial charge in [-0.25, -0.2) is 0 Å². The molecule has 0 radical (unpaired) electrons. The van der Waals surface area contributed by atoms with Crippen LogP contribution in [-0.4, -0.2) is 20.3 Å². The average Bonchev–Trinajstić information content (AvgIpc) is 2.39. The van der Waals surface area contributed by atoms with Gasteiger partial charge in [0, 0.05) is 6.07 Å². The van der Waals surface area contributed by atoms with Gasteiger partial charge in [-0.15, -0.1) is 0 Å². The van der Waals surface area contributed by atoms with E-state index in [4.69, 9.17) is 14.2 Å². The van der Waals surface area contributed by atoms with Crippen molar-refractivity contribution in [3.05, 3.63) is 18.2 Å². The Morgan fingerprint density at radius 1 is 0.850 bits per heavy atom. The number of rotatable bonds is 9. The molecule has 3 heteroatoms. The maximum absolute atomic E-state index is 5.76. The van der Waals surface area contributed by atoms with Gasteiger partial charge in [-0.05, 0) is 36.8 Å². The van der Waals surface area contributed by atoms with E-state index >= 15 is 0 Å².